The van der Waals surface area contributed by atoms with Crippen molar-refractivity contribution >= 4 is 10.0 Å². The second-order valence-electron chi connectivity index (χ2n) is 4.13. The third-order valence-corrected chi connectivity index (χ3v) is 4.24. The van der Waals surface area contributed by atoms with Crippen molar-refractivity contribution in [2.75, 3.05) is 0 Å². The van der Waals surface area contributed by atoms with Crippen molar-refractivity contribution in [3.8, 4) is 0 Å². The van der Waals surface area contributed by atoms with Gasteiger partial charge in [-0.05, 0) is 18.1 Å². The summed E-state index contributed by atoms with van der Waals surface area (Å²) in [7, 11) is -3.78. The maximum absolute atomic E-state index is 12.3. The summed E-state index contributed by atoms with van der Waals surface area (Å²) in [5.41, 5.74) is 0.656. The van der Waals surface area contributed by atoms with Crippen LogP contribution in [0.4, 0.5) is 8.78 Å². The summed E-state index contributed by atoms with van der Waals surface area (Å²) in [6.45, 7) is 1.49. The summed E-state index contributed by atoms with van der Waals surface area (Å²) in [6.07, 6.45) is -2.31. The van der Waals surface area contributed by atoms with Gasteiger partial charge in [-0.25, -0.2) is 21.9 Å². The van der Waals surface area contributed by atoms with Crippen LogP contribution >= 0.6 is 0 Å². The van der Waals surface area contributed by atoms with Gasteiger partial charge in [0.25, 0.3) is 0 Å². The molecule has 6 nitrogen and oxygen atoms in total. The van der Waals surface area contributed by atoms with E-state index in [2.05, 4.69) is 19.4 Å². The smallest absolute Gasteiger partial charge is 0.300 e. The largest absolute Gasteiger partial charge is 0.338 e. The van der Waals surface area contributed by atoms with E-state index in [-0.39, 0.29) is 17.3 Å². The fraction of sp³-hybridized carbons (Fsp3) is 0.333. The Kier molecular flexibility index (Phi) is 4.63. The molecule has 2 aromatic rings. The average Bonchev–Trinajstić information content (AvgIpc) is 2.94. The van der Waals surface area contributed by atoms with Gasteiger partial charge in [0.1, 0.15) is 0 Å². The summed E-state index contributed by atoms with van der Waals surface area (Å²) in [5.74, 6) is -0.985. The molecular formula is C12H13F2N3O3S. The van der Waals surface area contributed by atoms with E-state index in [4.69, 9.17) is 0 Å². The third-order valence-electron chi connectivity index (χ3n) is 2.74. The van der Waals surface area contributed by atoms with Crippen molar-refractivity contribution in [1.29, 1.82) is 0 Å². The lowest BCUT2D eigenvalue weighted by Gasteiger charge is -2.08. The molecule has 0 spiro atoms. The first-order chi connectivity index (χ1) is 9.94. The van der Waals surface area contributed by atoms with E-state index in [0.717, 1.165) is 0 Å². The SMILES string of the molecule is CCc1ccccc1S(=O)(=O)NCc1nc(C(F)F)no1. The van der Waals surface area contributed by atoms with Crippen molar-refractivity contribution < 1.29 is 21.7 Å². The van der Waals surface area contributed by atoms with Crippen molar-refractivity contribution in [2.24, 2.45) is 0 Å². The zero-order chi connectivity index (χ0) is 15.5. The summed E-state index contributed by atoms with van der Waals surface area (Å²) >= 11 is 0. The van der Waals surface area contributed by atoms with Crippen LogP contribution in [0.5, 0.6) is 0 Å². The molecule has 1 aromatic carbocycles. The Labute approximate surface area is 120 Å². The van der Waals surface area contributed by atoms with Gasteiger partial charge in [0.15, 0.2) is 0 Å². The highest BCUT2D eigenvalue weighted by Crippen LogP contribution is 2.17. The fourth-order valence-corrected chi connectivity index (χ4v) is 3.01. The van der Waals surface area contributed by atoms with Gasteiger partial charge in [0.05, 0.1) is 11.4 Å². The molecule has 1 heterocycles. The molecule has 0 saturated carbocycles. The molecule has 0 aliphatic heterocycles. The topological polar surface area (TPSA) is 85.1 Å². The summed E-state index contributed by atoms with van der Waals surface area (Å²) < 4.78 is 55.7. The van der Waals surface area contributed by atoms with Crippen molar-refractivity contribution in [1.82, 2.24) is 14.9 Å². The van der Waals surface area contributed by atoms with Gasteiger partial charge in [-0.3, -0.25) is 0 Å². The van der Waals surface area contributed by atoms with Crippen LogP contribution in [-0.2, 0) is 23.0 Å². The summed E-state index contributed by atoms with van der Waals surface area (Å²) in [5, 5.41) is 3.05. The zero-order valence-electron chi connectivity index (χ0n) is 11.1. The maximum atomic E-state index is 12.3. The number of halogens is 2. The van der Waals surface area contributed by atoms with Crippen LogP contribution in [0.15, 0.2) is 33.7 Å². The predicted molar refractivity (Wildman–Crippen MR) is 69.1 cm³/mol. The molecule has 0 amide bonds. The van der Waals surface area contributed by atoms with E-state index in [1.165, 1.54) is 6.07 Å². The predicted octanol–water partition coefficient (Wildman–Crippen LogP) is 2.05. The minimum atomic E-state index is -3.78. The molecule has 0 fully saturated rings. The number of sulfonamides is 1. The van der Waals surface area contributed by atoms with Crippen molar-refractivity contribution in [2.45, 2.75) is 31.2 Å². The van der Waals surface area contributed by atoms with Crippen LogP contribution in [0.2, 0.25) is 0 Å². The average molecular weight is 317 g/mol. The standard InChI is InChI=1S/C12H13F2N3O3S/c1-2-8-5-3-4-6-9(8)21(18,19)15-7-10-16-12(11(13)14)17-20-10/h3-6,11,15H,2,7H2,1H3. The number of alkyl halides is 2. The van der Waals surface area contributed by atoms with E-state index in [0.29, 0.717) is 12.0 Å². The van der Waals surface area contributed by atoms with Crippen LogP contribution in [0, 0.1) is 0 Å². The lowest BCUT2D eigenvalue weighted by Crippen LogP contribution is -2.24. The second-order valence-corrected chi connectivity index (χ2v) is 5.87. The summed E-state index contributed by atoms with van der Waals surface area (Å²) in [4.78, 5) is 3.53. The molecule has 0 unspecified atom stereocenters. The molecule has 21 heavy (non-hydrogen) atoms. The van der Waals surface area contributed by atoms with Crippen LogP contribution in [0.1, 0.15) is 30.6 Å². The number of nitrogens with zero attached hydrogens (tertiary/aromatic N) is 2. The first kappa shape index (κ1) is 15.5. The number of nitrogens with one attached hydrogen (secondary N) is 1. The molecule has 0 radical (unpaired) electrons. The second kappa shape index (κ2) is 6.27. The molecule has 1 N–H and O–H groups in total. The van der Waals surface area contributed by atoms with Crippen molar-refractivity contribution in [3.63, 3.8) is 0 Å². The van der Waals surface area contributed by atoms with E-state index in [1.54, 1.807) is 18.2 Å². The highest BCUT2D eigenvalue weighted by molar-refractivity contribution is 7.89. The third kappa shape index (κ3) is 3.61. The molecule has 0 bridgehead atoms. The highest BCUT2D eigenvalue weighted by Gasteiger charge is 2.20. The fourth-order valence-electron chi connectivity index (χ4n) is 1.72. The molecule has 1 aromatic heterocycles. The molecule has 0 aliphatic carbocycles. The minimum absolute atomic E-state index is 0.140. The Morgan fingerprint density at radius 1 is 1.33 bits per heavy atom. The maximum Gasteiger partial charge on any atom is 0.300 e. The Bertz CT molecular complexity index is 716. The highest BCUT2D eigenvalue weighted by atomic mass is 32.2. The van der Waals surface area contributed by atoms with Gasteiger partial charge in [-0.2, -0.15) is 4.98 Å². The number of aromatic nitrogens is 2. The quantitative estimate of drug-likeness (QED) is 0.881. The molecule has 114 valence electrons. The van der Waals surface area contributed by atoms with Gasteiger partial charge in [0.2, 0.25) is 21.7 Å². The lowest BCUT2D eigenvalue weighted by molar-refractivity contribution is 0.136. The molecule has 0 saturated heterocycles. The van der Waals surface area contributed by atoms with E-state index in [1.807, 2.05) is 6.92 Å². The van der Waals surface area contributed by atoms with Gasteiger partial charge >= 0.3 is 6.43 Å². The Hall–Kier alpha value is -1.87. The van der Waals surface area contributed by atoms with Gasteiger partial charge in [-0.15, -0.1) is 0 Å². The number of rotatable bonds is 6. The van der Waals surface area contributed by atoms with Crippen LogP contribution in [-0.4, -0.2) is 18.6 Å². The number of hydrogen-bond donors (Lipinski definition) is 1. The Balaban J connectivity index is 2.14. The van der Waals surface area contributed by atoms with E-state index >= 15 is 0 Å². The minimum Gasteiger partial charge on any atom is -0.338 e. The lowest BCUT2D eigenvalue weighted by atomic mass is 10.2. The monoisotopic (exact) mass is 317 g/mol. The number of hydrogen-bond acceptors (Lipinski definition) is 5. The number of benzene rings is 1. The molecular weight excluding hydrogens is 304 g/mol. The molecule has 9 heteroatoms. The van der Waals surface area contributed by atoms with E-state index in [9.17, 15) is 17.2 Å². The first-order valence-corrected chi connectivity index (χ1v) is 7.60. The molecule has 0 aliphatic rings. The van der Waals surface area contributed by atoms with Gasteiger partial charge < -0.3 is 4.52 Å². The Morgan fingerprint density at radius 3 is 2.67 bits per heavy atom. The Morgan fingerprint density at radius 2 is 2.05 bits per heavy atom. The van der Waals surface area contributed by atoms with E-state index < -0.39 is 22.3 Å². The van der Waals surface area contributed by atoms with Crippen LogP contribution in [0.3, 0.4) is 0 Å². The van der Waals surface area contributed by atoms with Crippen molar-refractivity contribution in [3.05, 3.63) is 41.5 Å². The number of aryl methyl sites for hydroxylation is 1. The summed E-state index contributed by atoms with van der Waals surface area (Å²) in [6, 6.07) is 6.52. The molecule has 0 atom stereocenters. The van der Waals surface area contributed by atoms with Gasteiger partial charge in [-0.1, -0.05) is 30.3 Å². The molecule has 2 rings (SSSR count). The first-order valence-electron chi connectivity index (χ1n) is 6.12. The van der Waals surface area contributed by atoms with Crippen LogP contribution in [0.25, 0.3) is 0 Å². The van der Waals surface area contributed by atoms with Gasteiger partial charge in [0, 0.05) is 0 Å². The van der Waals surface area contributed by atoms with Crippen LogP contribution < -0.4 is 4.72 Å². The normalized spacial score (nSPS) is 12.0. The zero-order valence-corrected chi connectivity index (χ0v) is 11.9.